The number of aromatic amines is 1. The number of nitrogens with zero attached hydrogens (tertiary/aromatic N) is 2. The van der Waals surface area contributed by atoms with Crippen molar-refractivity contribution in [2.45, 2.75) is 19.9 Å². The third-order valence-corrected chi connectivity index (χ3v) is 3.12. The second-order valence-corrected chi connectivity index (χ2v) is 3.90. The number of hydrogen-bond donors (Lipinski definition) is 2. The number of alkyl halides is 1. The first-order valence-corrected chi connectivity index (χ1v) is 5.50. The van der Waals surface area contributed by atoms with Crippen LogP contribution in [0.15, 0.2) is 6.20 Å². The first-order chi connectivity index (χ1) is 6.65. The molecule has 14 heavy (non-hydrogen) atoms. The minimum atomic E-state index is -0.195. The van der Waals surface area contributed by atoms with Crippen LogP contribution in [0.5, 0.6) is 0 Å². The Labute approximate surface area is 90.8 Å². The van der Waals surface area contributed by atoms with E-state index in [0.29, 0.717) is 11.6 Å². The molecule has 0 fully saturated rings. The number of carbonyl (C=O) groups excluding carboxylic acids is 1. The molecule has 1 rings (SSSR count). The molecule has 0 bridgehead atoms. The molecule has 1 amide bonds. The van der Waals surface area contributed by atoms with Crippen molar-refractivity contribution in [2.24, 2.45) is 5.92 Å². The number of amides is 1. The zero-order valence-corrected chi connectivity index (χ0v) is 9.71. The predicted molar refractivity (Wildman–Crippen MR) is 56.3 cm³/mol. The summed E-state index contributed by atoms with van der Waals surface area (Å²) in [5.74, 6) is 0.185. The third-order valence-electron chi connectivity index (χ3n) is 2.10. The maximum absolute atomic E-state index is 11.5. The fraction of sp³-hybridized carbons (Fsp3) is 0.625. The van der Waals surface area contributed by atoms with E-state index < -0.39 is 0 Å². The van der Waals surface area contributed by atoms with Gasteiger partial charge in [0.1, 0.15) is 0 Å². The van der Waals surface area contributed by atoms with Gasteiger partial charge in [-0.05, 0) is 12.8 Å². The molecule has 0 radical (unpaired) electrons. The highest BCUT2D eigenvalue weighted by atomic mass is 79.9. The van der Waals surface area contributed by atoms with Gasteiger partial charge < -0.3 is 5.32 Å². The normalized spacial score (nSPS) is 14.8. The van der Waals surface area contributed by atoms with Crippen LogP contribution in [0.25, 0.3) is 0 Å². The van der Waals surface area contributed by atoms with E-state index in [2.05, 4.69) is 43.6 Å². The van der Waals surface area contributed by atoms with Crippen molar-refractivity contribution >= 4 is 21.8 Å². The van der Waals surface area contributed by atoms with E-state index in [1.54, 1.807) is 0 Å². The lowest BCUT2D eigenvalue weighted by Gasteiger charge is -2.18. The molecular formula is C8H13BrN4O. The van der Waals surface area contributed by atoms with Gasteiger partial charge in [0, 0.05) is 11.4 Å². The first-order valence-electron chi connectivity index (χ1n) is 4.37. The highest BCUT2D eigenvalue weighted by molar-refractivity contribution is 9.09. The molecule has 0 aliphatic carbocycles. The largest absolute Gasteiger partial charge is 0.348 e. The zero-order chi connectivity index (χ0) is 10.6. The van der Waals surface area contributed by atoms with Crippen molar-refractivity contribution in [3.8, 4) is 0 Å². The Balaban J connectivity index is 2.49. The number of hydrogen-bond acceptors (Lipinski definition) is 3. The molecule has 78 valence electrons. The molecule has 1 heterocycles. The number of nitrogens with one attached hydrogen (secondary N) is 2. The highest BCUT2D eigenvalue weighted by Crippen LogP contribution is 2.06. The summed E-state index contributed by atoms with van der Waals surface area (Å²) in [4.78, 5) is 11.5. The van der Waals surface area contributed by atoms with Gasteiger partial charge in [0.2, 0.25) is 0 Å². The minimum absolute atomic E-state index is 0.110. The number of carbonyl (C=O) groups is 1. The van der Waals surface area contributed by atoms with Crippen LogP contribution in [0.2, 0.25) is 0 Å². The Morgan fingerprint density at radius 3 is 2.93 bits per heavy atom. The fourth-order valence-corrected chi connectivity index (χ4v) is 1.43. The average molecular weight is 261 g/mol. The standard InChI is InChI=1S/C8H13BrN4O/c1-5(3-9)6(2)11-8(14)7-4-10-13-12-7/h4-6H,3H2,1-2H3,(H,11,14)(H,10,12,13). The molecule has 2 N–H and O–H groups in total. The number of rotatable bonds is 4. The summed E-state index contributed by atoms with van der Waals surface area (Å²) >= 11 is 3.37. The number of halogens is 1. The Morgan fingerprint density at radius 2 is 2.43 bits per heavy atom. The maximum atomic E-state index is 11.5. The highest BCUT2D eigenvalue weighted by Gasteiger charge is 2.16. The van der Waals surface area contributed by atoms with E-state index in [0.717, 1.165) is 5.33 Å². The summed E-state index contributed by atoms with van der Waals surface area (Å²) in [5.41, 5.74) is 0.318. The molecule has 6 heteroatoms. The lowest BCUT2D eigenvalue weighted by molar-refractivity contribution is 0.0926. The van der Waals surface area contributed by atoms with Gasteiger partial charge in [0.15, 0.2) is 5.69 Å². The summed E-state index contributed by atoms with van der Waals surface area (Å²) in [6, 6.07) is 0.110. The molecule has 1 aromatic heterocycles. The Morgan fingerprint density at radius 1 is 1.71 bits per heavy atom. The molecule has 2 atom stereocenters. The lowest BCUT2D eigenvalue weighted by Crippen LogP contribution is -2.37. The van der Waals surface area contributed by atoms with E-state index in [4.69, 9.17) is 0 Å². The molecular weight excluding hydrogens is 248 g/mol. The second-order valence-electron chi connectivity index (χ2n) is 3.25. The van der Waals surface area contributed by atoms with Crippen LogP contribution in [-0.2, 0) is 0 Å². The summed E-state index contributed by atoms with van der Waals surface area (Å²) in [5, 5.41) is 13.4. The van der Waals surface area contributed by atoms with Crippen molar-refractivity contribution in [3.63, 3.8) is 0 Å². The molecule has 0 aromatic carbocycles. The van der Waals surface area contributed by atoms with Gasteiger partial charge in [-0.1, -0.05) is 22.9 Å². The summed E-state index contributed by atoms with van der Waals surface area (Å²) in [6.45, 7) is 4.02. The summed E-state index contributed by atoms with van der Waals surface area (Å²) in [7, 11) is 0. The van der Waals surface area contributed by atoms with Crippen molar-refractivity contribution in [2.75, 3.05) is 5.33 Å². The molecule has 0 aliphatic heterocycles. The third kappa shape index (κ3) is 2.80. The van der Waals surface area contributed by atoms with E-state index in [1.165, 1.54) is 6.20 Å². The average Bonchev–Trinajstić information content (AvgIpc) is 2.69. The van der Waals surface area contributed by atoms with Gasteiger partial charge in [0.05, 0.1) is 6.20 Å². The van der Waals surface area contributed by atoms with Crippen LogP contribution in [0.4, 0.5) is 0 Å². The molecule has 1 aromatic rings. The molecule has 0 saturated carbocycles. The van der Waals surface area contributed by atoms with Crippen LogP contribution in [0.3, 0.4) is 0 Å². The summed E-state index contributed by atoms with van der Waals surface area (Å²) < 4.78 is 0. The van der Waals surface area contributed by atoms with Gasteiger partial charge in [-0.3, -0.25) is 4.79 Å². The van der Waals surface area contributed by atoms with E-state index in [-0.39, 0.29) is 11.9 Å². The second kappa shape index (κ2) is 5.09. The van der Waals surface area contributed by atoms with E-state index >= 15 is 0 Å². The molecule has 2 unspecified atom stereocenters. The smallest absolute Gasteiger partial charge is 0.273 e. The fourth-order valence-electron chi connectivity index (χ4n) is 0.868. The van der Waals surface area contributed by atoms with Gasteiger partial charge in [0.25, 0.3) is 5.91 Å². The van der Waals surface area contributed by atoms with Crippen LogP contribution >= 0.6 is 15.9 Å². The monoisotopic (exact) mass is 260 g/mol. The SMILES string of the molecule is CC(CBr)C(C)NC(=O)c1cn[nH]n1. The van der Waals surface area contributed by atoms with E-state index in [9.17, 15) is 4.79 Å². The predicted octanol–water partition coefficient (Wildman–Crippen LogP) is 0.954. The van der Waals surface area contributed by atoms with Crippen LogP contribution in [-0.4, -0.2) is 32.7 Å². The summed E-state index contributed by atoms with van der Waals surface area (Å²) in [6.07, 6.45) is 1.40. The van der Waals surface area contributed by atoms with Crippen molar-refractivity contribution in [1.29, 1.82) is 0 Å². The number of H-pyrrole nitrogens is 1. The van der Waals surface area contributed by atoms with Crippen LogP contribution in [0.1, 0.15) is 24.3 Å². The quantitative estimate of drug-likeness (QED) is 0.793. The topological polar surface area (TPSA) is 70.7 Å². The van der Waals surface area contributed by atoms with Crippen molar-refractivity contribution in [3.05, 3.63) is 11.9 Å². The van der Waals surface area contributed by atoms with Gasteiger partial charge in [-0.15, -0.1) is 0 Å². The van der Waals surface area contributed by atoms with Crippen LogP contribution in [0, 0.1) is 5.92 Å². The molecule has 0 spiro atoms. The first kappa shape index (κ1) is 11.2. The minimum Gasteiger partial charge on any atom is -0.348 e. The molecule has 0 saturated heterocycles. The lowest BCUT2D eigenvalue weighted by atomic mass is 10.1. The number of aromatic nitrogens is 3. The Hall–Kier alpha value is -0.910. The zero-order valence-electron chi connectivity index (χ0n) is 8.12. The van der Waals surface area contributed by atoms with Gasteiger partial charge in [-0.25, -0.2) is 0 Å². The van der Waals surface area contributed by atoms with E-state index in [1.807, 2.05) is 6.92 Å². The van der Waals surface area contributed by atoms with Gasteiger partial charge >= 0.3 is 0 Å². The molecule has 5 nitrogen and oxygen atoms in total. The Kier molecular flexibility index (Phi) is 4.06. The molecule has 0 aliphatic rings. The van der Waals surface area contributed by atoms with Crippen molar-refractivity contribution in [1.82, 2.24) is 20.7 Å². The Bertz CT molecular complexity index is 288. The van der Waals surface area contributed by atoms with Gasteiger partial charge in [-0.2, -0.15) is 15.4 Å². The van der Waals surface area contributed by atoms with Crippen LogP contribution < -0.4 is 5.32 Å². The van der Waals surface area contributed by atoms with Crippen molar-refractivity contribution < 1.29 is 4.79 Å². The maximum Gasteiger partial charge on any atom is 0.273 e.